The first-order chi connectivity index (χ1) is 9.76. The summed E-state index contributed by atoms with van der Waals surface area (Å²) in [6.07, 6.45) is 1.83. The molecule has 0 spiro atoms. The topological polar surface area (TPSA) is 38.3 Å². The molecular weight excluding hydrogens is 250 g/mol. The number of carbonyl (C=O) groups is 1. The average molecular weight is 267 g/mol. The van der Waals surface area contributed by atoms with Gasteiger partial charge in [0, 0.05) is 11.6 Å². The van der Waals surface area contributed by atoms with Crippen LogP contribution in [0.4, 0.5) is 0 Å². The van der Waals surface area contributed by atoms with Crippen LogP contribution in [0.15, 0.2) is 48.5 Å². The lowest BCUT2D eigenvalue weighted by Crippen LogP contribution is -2.35. The number of nitrogens with one attached hydrogen (secondary N) is 1. The number of hydrogen-bond acceptors (Lipinski definition) is 2. The number of rotatable bonds is 3. The first-order valence-electron chi connectivity index (χ1n) is 6.78. The normalized spacial score (nSPS) is 13.8. The molecule has 1 amide bonds. The van der Waals surface area contributed by atoms with Gasteiger partial charge in [-0.3, -0.25) is 4.79 Å². The summed E-state index contributed by atoms with van der Waals surface area (Å²) in [4.78, 5) is 12.2. The number of ether oxygens (including phenoxy) is 1. The van der Waals surface area contributed by atoms with Gasteiger partial charge in [0.15, 0.2) is 0 Å². The molecule has 1 aliphatic carbocycles. The van der Waals surface area contributed by atoms with Gasteiger partial charge >= 0.3 is 0 Å². The van der Waals surface area contributed by atoms with Gasteiger partial charge < -0.3 is 10.1 Å². The molecule has 2 aromatic carbocycles. The lowest BCUT2D eigenvalue weighted by molar-refractivity contribution is 0.0938. The smallest absolute Gasteiger partial charge is 0.251 e. The van der Waals surface area contributed by atoms with E-state index in [2.05, 4.69) is 17.4 Å². The van der Waals surface area contributed by atoms with Crippen LogP contribution in [0.5, 0.6) is 5.75 Å². The monoisotopic (exact) mass is 267 g/mol. The maximum Gasteiger partial charge on any atom is 0.251 e. The summed E-state index contributed by atoms with van der Waals surface area (Å²) in [5, 5.41) is 3.10. The van der Waals surface area contributed by atoms with Gasteiger partial charge in [-0.15, -0.1) is 0 Å². The average Bonchev–Trinajstić information content (AvgIpc) is 2.89. The Bertz CT molecular complexity index is 594. The highest BCUT2D eigenvalue weighted by Gasteiger charge is 2.22. The molecule has 20 heavy (non-hydrogen) atoms. The Kier molecular flexibility index (Phi) is 3.42. The Morgan fingerprint density at radius 3 is 2.20 bits per heavy atom. The lowest BCUT2D eigenvalue weighted by atomic mass is 10.1. The van der Waals surface area contributed by atoms with E-state index in [1.165, 1.54) is 11.1 Å². The zero-order chi connectivity index (χ0) is 13.9. The van der Waals surface area contributed by atoms with Crippen molar-refractivity contribution in [2.24, 2.45) is 0 Å². The molecule has 3 rings (SSSR count). The maximum atomic E-state index is 12.2. The highest BCUT2D eigenvalue weighted by molar-refractivity contribution is 5.94. The molecule has 0 fully saturated rings. The fourth-order valence-electron chi connectivity index (χ4n) is 2.67. The maximum absolute atomic E-state index is 12.2. The molecule has 0 bridgehead atoms. The van der Waals surface area contributed by atoms with E-state index in [9.17, 15) is 4.79 Å². The van der Waals surface area contributed by atoms with Gasteiger partial charge in [-0.2, -0.15) is 0 Å². The molecule has 2 aromatic rings. The van der Waals surface area contributed by atoms with Crippen LogP contribution in [0.1, 0.15) is 21.5 Å². The van der Waals surface area contributed by atoms with E-state index in [1.807, 2.05) is 12.1 Å². The van der Waals surface area contributed by atoms with Crippen molar-refractivity contribution in [3.8, 4) is 5.75 Å². The fourth-order valence-corrected chi connectivity index (χ4v) is 2.67. The SMILES string of the molecule is COc1ccc(C(=O)NC2Cc3ccccc3C2)cc1. The fraction of sp³-hybridized carbons (Fsp3) is 0.235. The number of hydrogen-bond donors (Lipinski definition) is 1. The number of benzene rings is 2. The van der Waals surface area contributed by atoms with Gasteiger partial charge in [-0.05, 0) is 48.2 Å². The predicted octanol–water partition coefficient (Wildman–Crippen LogP) is 2.59. The van der Waals surface area contributed by atoms with Crippen molar-refractivity contribution >= 4 is 5.91 Å². The highest BCUT2D eigenvalue weighted by Crippen LogP contribution is 2.22. The van der Waals surface area contributed by atoms with Crippen LogP contribution in [0.2, 0.25) is 0 Å². The second-order valence-corrected chi connectivity index (χ2v) is 5.08. The van der Waals surface area contributed by atoms with Gasteiger partial charge in [0.25, 0.3) is 5.91 Å². The number of methoxy groups -OCH3 is 1. The van der Waals surface area contributed by atoms with Crippen molar-refractivity contribution in [1.29, 1.82) is 0 Å². The molecule has 3 nitrogen and oxygen atoms in total. The molecule has 0 saturated heterocycles. The minimum atomic E-state index is -0.0227. The van der Waals surface area contributed by atoms with Crippen molar-refractivity contribution in [1.82, 2.24) is 5.32 Å². The summed E-state index contributed by atoms with van der Waals surface area (Å²) < 4.78 is 5.09. The number of fused-ring (bicyclic) bond motifs is 1. The van der Waals surface area contributed by atoms with Crippen molar-refractivity contribution < 1.29 is 9.53 Å². The van der Waals surface area contributed by atoms with E-state index in [0.29, 0.717) is 5.56 Å². The van der Waals surface area contributed by atoms with Crippen LogP contribution in [0, 0.1) is 0 Å². The van der Waals surface area contributed by atoms with Crippen molar-refractivity contribution in [3.63, 3.8) is 0 Å². The predicted molar refractivity (Wildman–Crippen MR) is 78.1 cm³/mol. The molecule has 0 aromatic heterocycles. The molecule has 102 valence electrons. The lowest BCUT2D eigenvalue weighted by Gasteiger charge is -2.12. The third kappa shape index (κ3) is 2.52. The number of amides is 1. The third-order valence-corrected chi connectivity index (χ3v) is 3.74. The van der Waals surface area contributed by atoms with Crippen molar-refractivity contribution in [2.45, 2.75) is 18.9 Å². The first-order valence-corrected chi connectivity index (χ1v) is 6.78. The molecule has 0 unspecified atom stereocenters. The van der Waals surface area contributed by atoms with Crippen LogP contribution in [-0.2, 0) is 12.8 Å². The summed E-state index contributed by atoms with van der Waals surface area (Å²) in [7, 11) is 1.62. The standard InChI is InChI=1S/C17H17NO2/c1-20-16-8-6-12(7-9-16)17(19)18-15-10-13-4-2-3-5-14(13)11-15/h2-9,15H,10-11H2,1H3,(H,18,19). The molecule has 0 saturated carbocycles. The van der Waals surface area contributed by atoms with Crippen molar-refractivity contribution in [2.75, 3.05) is 7.11 Å². The Hall–Kier alpha value is -2.29. The molecule has 0 atom stereocenters. The summed E-state index contributed by atoms with van der Waals surface area (Å²) in [5.74, 6) is 0.736. The molecule has 1 N–H and O–H groups in total. The molecule has 0 radical (unpaired) electrons. The Morgan fingerprint density at radius 2 is 1.65 bits per heavy atom. The van der Waals surface area contributed by atoms with Crippen LogP contribution in [0.25, 0.3) is 0 Å². The molecule has 1 aliphatic rings. The zero-order valence-corrected chi connectivity index (χ0v) is 11.4. The summed E-state index contributed by atoms with van der Waals surface area (Å²) in [6.45, 7) is 0. The zero-order valence-electron chi connectivity index (χ0n) is 11.4. The minimum Gasteiger partial charge on any atom is -0.497 e. The van der Waals surface area contributed by atoms with Crippen LogP contribution < -0.4 is 10.1 Å². The van der Waals surface area contributed by atoms with Gasteiger partial charge in [0.1, 0.15) is 5.75 Å². The quantitative estimate of drug-likeness (QED) is 0.928. The Labute approximate surface area is 118 Å². The molecule has 3 heteroatoms. The highest BCUT2D eigenvalue weighted by atomic mass is 16.5. The van der Waals surface area contributed by atoms with Gasteiger partial charge in [-0.1, -0.05) is 24.3 Å². The van der Waals surface area contributed by atoms with Gasteiger partial charge in [0.05, 0.1) is 7.11 Å². The molecular formula is C17H17NO2. The molecule has 0 heterocycles. The van der Waals surface area contributed by atoms with Crippen molar-refractivity contribution in [3.05, 3.63) is 65.2 Å². The van der Waals surface area contributed by atoms with Gasteiger partial charge in [-0.25, -0.2) is 0 Å². The first kappa shape index (κ1) is 12.7. The van der Waals surface area contributed by atoms with Gasteiger partial charge in [0.2, 0.25) is 0 Å². The summed E-state index contributed by atoms with van der Waals surface area (Å²) in [6, 6.07) is 15.7. The van der Waals surface area contributed by atoms with Crippen LogP contribution in [-0.4, -0.2) is 19.1 Å². The largest absolute Gasteiger partial charge is 0.497 e. The van der Waals surface area contributed by atoms with Crippen LogP contribution >= 0.6 is 0 Å². The van der Waals surface area contributed by atoms with E-state index < -0.39 is 0 Å². The van der Waals surface area contributed by atoms with E-state index >= 15 is 0 Å². The third-order valence-electron chi connectivity index (χ3n) is 3.74. The minimum absolute atomic E-state index is 0.0227. The Balaban J connectivity index is 1.65. The number of carbonyl (C=O) groups excluding carboxylic acids is 1. The summed E-state index contributed by atoms with van der Waals surface area (Å²) >= 11 is 0. The Morgan fingerprint density at radius 1 is 1.05 bits per heavy atom. The van der Waals surface area contributed by atoms with E-state index in [-0.39, 0.29) is 11.9 Å². The van der Waals surface area contributed by atoms with E-state index in [0.717, 1.165) is 18.6 Å². The van der Waals surface area contributed by atoms with E-state index in [1.54, 1.807) is 31.4 Å². The van der Waals surface area contributed by atoms with Crippen LogP contribution in [0.3, 0.4) is 0 Å². The molecule has 0 aliphatic heterocycles. The second-order valence-electron chi connectivity index (χ2n) is 5.08. The second kappa shape index (κ2) is 5.37. The van der Waals surface area contributed by atoms with E-state index in [4.69, 9.17) is 4.74 Å². The summed E-state index contributed by atoms with van der Waals surface area (Å²) in [5.41, 5.74) is 3.35.